The van der Waals surface area contributed by atoms with E-state index in [9.17, 15) is 14.4 Å². The van der Waals surface area contributed by atoms with Crippen molar-refractivity contribution < 1.29 is 24.2 Å². The van der Waals surface area contributed by atoms with Crippen molar-refractivity contribution in [2.45, 2.75) is 19.9 Å². The molecule has 0 heterocycles. The van der Waals surface area contributed by atoms with Crippen LogP contribution in [0.2, 0.25) is 0 Å². The second-order valence-corrected chi connectivity index (χ2v) is 2.25. The SMILES string of the molecule is CCOC(=O)[C@H](C)NC(=O)C(=O)O. The van der Waals surface area contributed by atoms with Crippen LogP contribution in [0.1, 0.15) is 13.8 Å². The third-order valence-electron chi connectivity index (χ3n) is 1.18. The number of carbonyl (C=O) groups excluding carboxylic acids is 2. The Labute approximate surface area is 74.9 Å². The van der Waals surface area contributed by atoms with Crippen molar-refractivity contribution in [3.63, 3.8) is 0 Å². The van der Waals surface area contributed by atoms with E-state index in [2.05, 4.69) is 4.74 Å². The lowest BCUT2D eigenvalue weighted by molar-refractivity contribution is -0.153. The number of hydrogen-bond acceptors (Lipinski definition) is 4. The fraction of sp³-hybridized carbons (Fsp3) is 0.571. The summed E-state index contributed by atoms with van der Waals surface area (Å²) in [4.78, 5) is 31.5. The van der Waals surface area contributed by atoms with E-state index in [4.69, 9.17) is 5.11 Å². The number of hydrogen-bond donors (Lipinski definition) is 2. The summed E-state index contributed by atoms with van der Waals surface area (Å²) in [5, 5.41) is 10.1. The van der Waals surface area contributed by atoms with Gasteiger partial charge < -0.3 is 15.2 Å². The number of carboxylic acids is 1. The molecule has 0 radical (unpaired) electrons. The summed E-state index contributed by atoms with van der Waals surface area (Å²) in [6.07, 6.45) is 0. The summed E-state index contributed by atoms with van der Waals surface area (Å²) >= 11 is 0. The smallest absolute Gasteiger partial charge is 0.394 e. The third-order valence-corrected chi connectivity index (χ3v) is 1.18. The number of rotatable bonds is 3. The molecule has 0 spiro atoms. The van der Waals surface area contributed by atoms with E-state index < -0.39 is 23.9 Å². The van der Waals surface area contributed by atoms with E-state index in [1.54, 1.807) is 6.92 Å². The van der Waals surface area contributed by atoms with Crippen LogP contribution in [0.3, 0.4) is 0 Å². The minimum absolute atomic E-state index is 0.187. The zero-order chi connectivity index (χ0) is 10.4. The van der Waals surface area contributed by atoms with Gasteiger partial charge in [-0.05, 0) is 13.8 Å². The second-order valence-electron chi connectivity index (χ2n) is 2.25. The minimum atomic E-state index is -1.63. The lowest BCUT2D eigenvalue weighted by Crippen LogP contribution is -2.42. The van der Waals surface area contributed by atoms with Gasteiger partial charge in [-0.3, -0.25) is 4.79 Å². The molecule has 0 fully saturated rings. The van der Waals surface area contributed by atoms with Gasteiger partial charge in [0, 0.05) is 0 Å². The largest absolute Gasteiger partial charge is 0.474 e. The van der Waals surface area contributed by atoms with E-state index in [1.165, 1.54) is 6.92 Å². The van der Waals surface area contributed by atoms with Gasteiger partial charge in [0.25, 0.3) is 0 Å². The van der Waals surface area contributed by atoms with E-state index in [0.29, 0.717) is 0 Å². The second kappa shape index (κ2) is 5.13. The number of ether oxygens (including phenoxy) is 1. The Morgan fingerprint density at radius 3 is 2.38 bits per heavy atom. The van der Waals surface area contributed by atoms with Crippen LogP contribution in [0.5, 0.6) is 0 Å². The topological polar surface area (TPSA) is 92.7 Å². The number of carbonyl (C=O) groups is 3. The maximum atomic E-state index is 10.9. The summed E-state index contributed by atoms with van der Waals surface area (Å²) < 4.78 is 4.54. The summed E-state index contributed by atoms with van der Waals surface area (Å²) in [6.45, 7) is 3.15. The average Bonchev–Trinajstić information content (AvgIpc) is 2.04. The first-order valence-electron chi connectivity index (χ1n) is 3.69. The van der Waals surface area contributed by atoms with E-state index in [1.807, 2.05) is 5.32 Å². The van der Waals surface area contributed by atoms with Crippen LogP contribution in [0, 0.1) is 0 Å². The number of carboxylic acid groups (broad SMARTS) is 1. The maximum Gasteiger partial charge on any atom is 0.394 e. The Kier molecular flexibility index (Phi) is 4.50. The minimum Gasteiger partial charge on any atom is -0.474 e. The molecule has 1 atom stereocenters. The van der Waals surface area contributed by atoms with Gasteiger partial charge in [-0.1, -0.05) is 0 Å². The quantitative estimate of drug-likeness (QED) is 0.445. The molecular weight excluding hydrogens is 178 g/mol. The molecule has 0 aromatic carbocycles. The van der Waals surface area contributed by atoms with Crippen LogP contribution in [-0.2, 0) is 19.1 Å². The molecule has 6 heteroatoms. The normalized spacial score (nSPS) is 11.5. The molecule has 0 rings (SSSR count). The van der Waals surface area contributed by atoms with Crippen LogP contribution in [0.15, 0.2) is 0 Å². The van der Waals surface area contributed by atoms with Crippen molar-refractivity contribution in [3.05, 3.63) is 0 Å². The first-order chi connectivity index (χ1) is 5.99. The van der Waals surface area contributed by atoms with Gasteiger partial charge in [-0.25, -0.2) is 9.59 Å². The Bertz CT molecular complexity index is 225. The highest BCUT2D eigenvalue weighted by Gasteiger charge is 2.20. The molecule has 0 aromatic rings. The molecule has 74 valence electrons. The Morgan fingerprint density at radius 2 is 2.00 bits per heavy atom. The molecule has 2 N–H and O–H groups in total. The van der Waals surface area contributed by atoms with Crippen LogP contribution in [-0.4, -0.2) is 35.6 Å². The molecule has 0 unspecified atom stereocenters. The first kappa shape index (κ1) is 11.4. The highest BCUT2D eigenvalue weighted by molar-refractivity contribution is 6.31. The van der Waals surface area contributed by atoms with Crippen LogP contribution >= 0.6 is 0 Å². The molecule has 0 bridgehead atoms. The van der Waals surface area contributed by atoms with E-state index in [-0.39, 0.29) is 6.61 Å². The van der Waals surface area contributed by atoms with Crippen LogP contribution < -0.4 is 5.32 Å². The predicted molar refractivity (Wildman–Crippen MR) is 41.9 cm³/mol. The maximum absolute atomic E-state index is 10.9. The summed E-state index contributed by atoms with van der Waals surface area (Å²) in [5.74, 6) is -3.51. The fourth-order valence-electron chi connectivity index (χ4n) is 0.585. The molecule has 0 saturated carbocycles. The Balaban J connectivity index is 3.99. The number of aliphatic carboxylic acids is 1. The molecule has 0 aliphatic heterocycles. The molecule has 13 heavy (non-hydrogen) atoms. The van der Waals surface area contributed by atoms with Crippen molar-refractivity contribution in [1.82, 2.24) is 5.32 Å². The number of amides is 1. The highest BCUT2D eigenvalue weighted by atomic mass is 16.5. The fourth-order valence-corrected chi connectivity index (χ4v) is 0.585. The van der Waals surface area contributed by atoms with Gasteiger partial charge in [0.15, 0.2) is 0 Å². The van der Waals surface area contributed by atoms with Crippen molar-refractivity contribution in [3.8, 4) is 0 Å². The molecule has 0 saturated heterocycles. The van der Waals surface area contributed by atoms with Crippen LogP contribution in [0.4, 0.5) is 0 Å². The highest BCUT2D eigenvalue weighted by Crippen LogP contribution is 1.87. The zero-order valence-electron chi connectivity index (χ0n) is 7.36. The zero-order valence-corrected chi connectivity index (χ0v) is 7.36. The third kappa shape index (κ3) is 4.09. The van der Waals surface area contributed by atoms with Gasteiger partial charge in [0.2, 0.25) is 0 Å². The number of esters is 1. The van der Waals surface area contributed by atoms with Crippen molar-refractivity contribution in [2.24, 2.45) is 0 Å². The van der Waals surface area contributed by atoms with Gasteiger partial charge in [0.1, 0.15) is 6.04 Å². The van der Waals surface area contributed by atoms with Gasteiger partial charge in [-0.15, -0.1) is 0 Å². The molecule has 1 amide bonds. The predicted octanol–water partition coefficient (Wildman–Crippen LogP) is -0.861. The van der Waals surface area contributed by atoms with Crippen LogP contribution in [0.25, 0.3) is 0 Å². The molecule has 0 aliphatic carbocycles. The van der Waals surface area contributed by atoms with Crippen molar-refractivity contribution >= 4 is 17.8 Å². The molecule has 6 nitrogen and oxygen atoms in total. The lowest BCUT2D eigenvalue weighted by Gasteiger charge is -2.10. The van der Waals surface area contributed by atoms with E-state index >= 15 is 0 Å². The van der Waals surface area contributed by atoms with Gasteiger partial charge in [0.05, 0.1) is 6.61 Å². The standard InChI is InChI=1S/C7H11NO5/c1-3-13-7(12)4(2)8-5(9)6(10)11/h4H,3H2,1-2H3,(H,8,9)(H,10,11)/t4-/m0/s1. The number of nitrogens with one attached hydrogen (secondary N) is 1. The molecule has 0 aromatic heterocycles. The average molecular weight is 189 g/mol. The van der Waals surface area contributed by atoms with E-state index in [0.717, 1.165) is 0 Å². The molecule has 0 aliphatic rings. The summed E-state index contributed by atoms with van der Waals surface area (Å²) in [7, 11) is 0. The van der Waals surface area contributed by atoms with Gasteiger partial charge in [-0.2, -0.15) is 0 Å². The lowest BCUT2D eigenvalue weighted by atomic mass is 10.3. The first-order valence-corrected chi connectivity index (χ1v) is 3.69. The van der Waals surface area contributed by atoms with Crippen molar-refractivity contribution in [2.75, 3.05) is 6.61 Å². The monoisotopic (exact) mass is 189 g/mol. The van der Waals surface area contributed by atoms with Gasteiger partial charge >= 0.3 is 17.8 Å². The molecular formula is C7H11NO5. The Hall–Kier alpha value is -1.59. The summed E-state index contributed by atoms with van der Waals surface area (Å²) in [6, 6.07) is -0.941. The summed E-state index contributed by atoms with van der Waals surface area (Å²) in [5.41, 5.74) is 0. The Morgan fingerprint density at radius 1 is 1.46 bits per heavy atom. The van der Waals surface area contributed by atoms with Crippen molar-refractivity contribution in [1.29, 1.82) is 0 Å².